The first-order valence-corrected chi connectivity index (χ1v) is 6.56. The van der Waals surface area contributed by atoms with E-state index in [0.717, 1.165) is 35.7 Å². The van der Waals surface area contributed by atoms with Gasteiger partial charge in [0.25, 0.3) is 0 Å². The molecule has 5 heteroatoms. The molecule has 0 aromatic heterocycles. The molecule has 0 bridgehead atoms. The van der Waals surface area contributed by atoms with E-state index in [0.29, 0.717) is 5.02 Å². The Morgan fingerprint density at radius 1 is 1.53 bits per heavy atom. The van der Waals surface area contributed by atoms with Crippen molar-refractivity contribution < 1.29 is 9.47 Å². The molecule has 17 heavy (non-hydrogen) atoms. The topological polar surface area (TPSA) is 30.5 Å². The van der Waals surface area contributed by atoms with Gasteiger partial charge in [0, 0.05) is 17.0 Å². The van der Waals surface area contributed by atoms with Crippen LogP contribution in [0.1, 0.15) is 6.92 Å². The predicted octanol–water partition coefficient (Wildman–Crippen LogP) is 3.56. The first-order chi connectivity index (χ1) is 8.04. The first kappa shape index (κ1) is 13.0. The quantitative estimate of drug-likeness (QED) is 0.920. The zero-order valence-electron chi connectivity index (χ0n) is 9.85. The van der Waals surface area contributed by atoms with Gasteiger partial charge in [-0.15, -0.1) is 0 Å². The van der Waals surface area contributed by atoms with E-state index in [2.05, 4.69) is 28.2 Å². The highest BCUT2D eigenvalue weighted by molar-refractivity contribution is 9.10. The molecule has 0 radical (unpaired) electrons. The Balaban J connectivity index is 2.13. The van der Waals surface area contributed by atoms with Crippen LogP contribution in [0.15, 0.2) is 16.6 Å². The Hall–Kier alpha value is -0.450. The minimum Gasteiger partial charge on any atom is -0.493 e. The molecule has 1 saturated heterocycles. The summed E-state index contributed by atoms with van der Waals surface area (Å²) in [7, 11) is 1.65. The molecule has 94 valence electrons. The molecule has 0 aliphatic carbocycles. The summed E-state index contributed by atoms with van der Waals surface area (Å²) >= 11 is 9.46. The molecule has 0 atom stereocenters. The molecule has 1 aromatic rings. The van der Waals surface area contributed by atoms with E-state index in [1.54, 1.807) is 7.11 Å². The van der Waals surface area contributed by atoms with Crippen LogP contribution >= 0.6 is 27.5 Å². The standard InChI is InChI=1S/C12H15BrClNO2/c1-12(6-17-7-12)5-15-10-4-8(14)3-9(13)11(10)16-2/h3-4,15H,5-7H2,1-2H3. The van der Waals surface area contributed by atoms with Gasteiger partial charge in [-0.2, -0.15) is 0 Å². The van der Waals surface area contributed by atoms with Crippen molar-refractivity contribution in [2.45, 2.75) is 6.92 Å². The summed E-state index contributed by atoms with van der Waals surface area (Å²) in [5.41, 5.74) is 1.11. The molecule has 1 N–H and O–H groups in total. The maximum Gasteiger partial charge on any atom is 0.156 e. The predicted molar refractivity (Wildman–Crippen MR) is 73.1 cm³/mol. The van der Waals surface area contributed by atoms with Crippen LogP contribution in [-0.2, 0) is 4.74 Å². The third-order valence-corrected chi connectivity index (χ3v) is 3.63. The zero-order chi connectivity index (χ0) is 12.5. The summed E-state index contributed by atoms with van der Waals surface area (Å²) in [5, 5.41) is 4.04. The minimum atomic E-state index is 0.208. The molecule has 0 amide bonds. The van der Waals surface area contributed by atoms with Gasteiger partial charge in [0.15, 0.2) is 5.75 Å². The Morgan fingerprint density at radius 2 is 2.24 bits per heavy atom. The van der Waals surface area contributed by atoms with E-state index in [1.807, 2.05) is 12.1 Å². The largest absolute Gasteiger partial charge is 0.493 e. The number of anilines is 1. The highest BCUT2D eigenvalue weighted by atomic mass is 79.9. The Bertz CT molecular complexity index is 421. The molecule has 1 aliphatic heterocycles. The van der Waals surface area contributed by atoms with E-state index in [-0.39, 0.29) is 5.41 Å². The number of hydrogen-bond donors (Lipinski definition) is 1. The Kier molecular flexibility index (Phi) is 3.85. The molecule has 0 unspecified atom stereocenters. The van der Waals surface area contributed by atoms with Gasteiger partial charge in [0.2, 0.25) is 0 Å². The van der Waals surface area contributed by atoms with Gasteiger partial charge in [-0.05, 0) is 28.1 Å². The Labute approximate surface area is 115 Å². The van der Waals surface area contributed by atoms with Gasteiger partial charge in [-0.1, -0.05) is 18.5 Å². The lowest BCUT2D eigenvalue weighted by Gasteiger charge is -2.38. The number of nitrogens with one attached hydrogen (secondary N) is 1. The average molecular weight is 321 g/mol. The van der Waals surface area contributed by atoms with Crippen molar-refractivity contribution in [1.29, 1.82) is 0 Å². The molecular weight excluding hydrogens is 305 g/mol. The molecule has 2 rings (SSSR count). The fourth-order valence-electron chi connectivity index (χ4n) is 1.76. The molecular formula is C12H15BrClNO2. The van der Waals surface area contributed by atoms with Crippen LogP contribution in [0, 0.1) is 5.41 Å². The van der Waals surface area contributed by atoms with Crippen LogP contribution in [0.2, 0.25) is 5.02 Å². The Morgan fingerprint density at radius 3 is 2.76 bits per heavy atom. The lowest BCUT2D eigenvalue weighted by molar-refractivity contribution is -0.0924. The second-order valence-electron chi connectivity index (χ2n) is 4.63. The highest BCUT2D eigenvalue weighted by Gasteiger charge is 2.33. The van der Waals surface area contributed by atoms with Crippen LogP contribution in [0.3, 0.4) is 0 Å². The van der Waals surface area contributed by atoms with E-state index in [9.17, 15) is 0 Å². The monoisotopic (exact) mass is 319 g/mol. The van der Waals surface area contributed by atoms with Crippen molar-refractivity contribution in [1.82, 2.24) is 0 Å². The lowest BCUT2D eigenvalue weighted by atomic mass is 9.88. The molecule has 1 heterocycles. The molecule has 0 saturated carbocycles. The summed E-state index contributed by atoms with van der Waals surface area (Å²) in [4.78, 5) is 0. The van der Waals surface area contributed by atoms with Gasteiger partial charge >= 0.3 is 0 Å². The number of hydrogen-bond acceptors (Lipinski definition) is 3. The maximum absolute atomic E-state index is 6.03. The molecule has 1 aromatic carbocycles. The number of halogens is 2. The minimum absolute atomic E-state index is 0.208. The second kappa shape index (κ2) is 5.04. The van der Waals surface area contributed by atoms with Gasteiger partial charge < -0.3 is 14.8 Å². The van der Waals surface area contributed by atoms with Gasteiger partial charge in [0.1, 0.15) is 0 Å². The lowest BCUT2D eigenvalue weighted by Crippen LogP contribution is -2.45. The SMILES string of the molecule is COc1c(Br)cc(Cl)cc1NCC1(C)COC1. The fraction of sp³-hybridized carbons (Fsp3) is 0.500. The van der Waals surface area contributed by atoms with Crippen LogP contribution in [0.4, 0.5) is 5.69 Å². The van der Waals surface area contributed by atoms with Crippen LogP contribution in [0.5, 0.6) is 5.75 Å². The van der Waals surface area contributed by atoms with Crippen LogP contribution in [-0.4, -0.2) is 26.9 Å². The van der Waals surface area contributed by atoms with E-state index >= 15 is 0 Å². The average Bonchev–Trinajstić information content (AvgIpc) is 2.23. The van der Waals surface area contributed by atoms with Crippen molar-refractivity contribution in [3.63, 3.8) is 0 Å². The third-order valence-electron chi connectivity index (χ3n) is 2.82. The number of ether oxygens (including phenoxy) is 2. The van der Waals surface area contributed by atoms with Crippen molar-refractivity contribution in [2.24, 2.45) is 5.41 Å². The summed E-state index contributed by atoms with van der Waals surface area (Å²) in [5.74, 6) is 0.776. The number of methoxy groups -OCH3 is 1. The summed E-state index contributed by atoms with van der Waals surface area (Å²) in [6.07, 6.45) is 0. The van der Waals surface area contributed by atoms with Gasteiger partial charge in [0.05, 0.1) is 30.5 Å². The van der Waals surface area contributed by atoms with E-state index < -0.39 is 0 Å². The van der Waals surface area contributed by atoms with Crippen molar-refractivity contribution in [3.8, 4) is 5.75 Å². The van der Waals surface area contributed by atoms with Gasteiger partial charge in [-0.25, -0.2) is 0 Å². The maximum atomic E-state index is 6.03. The number of benzene rings is 1. The van der Waals surface area contributed by atoms with Crippen LogP contribution in [0.25, 0.3) is 0 Å². The second-order valence-corrected chi connectivity index (χ2v) is 5.92. The van der Waals surface area contributed by atoms with Crippen molar-refractivity contribution >= 4 is 33.2 Å². The smallest absolute Gasteiger partial charge is 0.156 e. The molecule has 1 aliphatic rings. The third kappa shape index (κ3) is 2.87. The molecule has 1 fully saturated rings. The van der Waals surface area contributed by atoms with Gasteiger partial charge in [-0.3, -0.25) is 0 Å². The first-order valence-electron chi connectivity index (χ1n) is 5.39. The van der Waals surface area contributed by atoms with Crippen molar-refractivity contribution in [3.05, 3.63) is 21.6 Å². The zero-order valence-corrected chi connectivity index (χ0v) is 12.2. The van der Waals surface area contributed by atoms with Crippen LogP contribution < -0.4 is 10.1 Å². The molecule has 3 nitrogen and oxygen atoms in total. The van der Waals surface area contributed by atoms with E-state index in [4.69, 9.17) is 21.1 Å². The summed E-state index contributed by atoms with van der Waals surface area (Å²) < 4.78 is 11.4. The normalized spacial score (nSPS) is 17.4. The summed E-state index contributed by atoms with van der Waals surface area (Å²) in [6.45, 7) is 4.62. The molecule has 0 spiro atoms. The summed E-state index contributed by atoms with van der Waals surface area (Å²) in [6, 6.07) is 3.69. The van der Waals surface area contributed by atoms with Crippen molar-refractivity contribution in [2.75, 3.05) is 32.2 Å². The highest BCUT2D eigenvalue weighted by Crippen LogP contribution is 2.37. The fourth-order valence-corrected chi connectivity index (χ4v) is 2.73. The van der Waals surface area contributed by atoms with E-state index in [1.165, 1.54) is 0 Å². The number of rotatable bonds is 4.